The summed E-state index contributed by atoms with van der Waals surface area (Å²) in [5.74, 6) is 0.302. The zero-order valence-electron chi connectivity index (χ0n) is 9.29. The molecule has 0 saturated heterocycles. The van der Waals surface area contributed by atoms with E-state index in [0.717, 1.165) is 9.75 Å². The molecule has 0 spiro atoms. The van der Waals surface area contributed by atoms with E-state index in [-0.39, 0.29) is 11.7 Å². The highest BCUT2D eigenvalue weighted by molar-refractivity contribution is 7.12. The van der Waals surface area contributed by atoms with E-state index in [4.69, 9.17) is 0 Å². The Bertz CT molecular complexity index is 333. The predicted molar refractivity (Wildman–Crippen MR) is 60.4 cm³/mol. The van der Waals surface area contributed by atoms with Gasteiger partial charge in [-0.05, 0) is 12.1 Å². The van der Waals surface area contributed by atoms with Gasteiger partial charge in [-0.2, -0.15) is 0 Å². The Morgan fingerprint density at radius 3 is 2.60 bits per heavy atom. The first-order valence-electron chi connectivity index (χ1n) is 4.96. The molecule has 0 aromatic carbocycles. The summed E-state index contributed by atoms with van der Waals surface area (Å²) >= 11 is 1.50. The van der Waals surface area contributed by atoms with Crippen LogP contribution in [0.2, 0.25) is 0 Å². The maximum absolute atomic E-state index is 12.6. The van der Waals surface area contributed by atoms with E-state index < -0.39 is 0 Å². The molecule has 0 aliphatic heterocycles. The molecule has 0 N–H and O–H groups in total. The summed E-state index contributed by atoms with van der Waals surface area (Å²) in [5, 5.41) is 0.639. The number of Topliss-reactive ketones (excluding diaryl/α,β-unsaturated/α-hetero) is 1. The summed E-state index contributed by atoms with van der Waals surface area (Å²) in [5.41, 5.74) is 0. The number of hydrogen-bond acceptors (Lipinski definition) is 3. The van der Waals surface area contributed by atoms with Crippen molar-refractivity contribution < 1.29 is 9.28 Å². The molecule has 0 radical (unpaired) electrons. The number of thiophene rings is 1. The molecule has 84 valence electrons. The number of carbonyl (C=O) groups is 1. The van der Waals surface area contributed by atoms with Gasteiger partial charge in [-0.3, -0.25) is 4.79 Å². The first kappa shape index (κ1) is 12.3. The number of nitrogens with zero attached hydrogens (tertiary/aromatic N) is 1. The second-order valence-electron chi connectivity index (χ2n) is 3.93. The van der Waals surface area contributed by atoms with Gasteiger partial charge in [0.25, 0.3) is 0 Å². The SMILES string of the molecule is CC(C)C(=O)Cc1ccc(CN(C)F)s1. The number of carbonyl (C=O) groups excluding carboxylic acids is 1. The number of ketones is 1. The van der Waals surface area contributed by atoms with Crippen molar-refractivity contribution in [1.82, 2.24) is 5.12 Å². The summed E-state index contributed by atoms with van der Waals surface area (Å²) in [6.45, 7) is 4.08. The van der Waals surface area contributed by atoms with Gasteiger partial charge >= 0.3 is 0 Å². The molecule has 0 bridgehead atoms. The molecule has 1 rings (SSSR count). The molecule has 4 heteroatoms. The molecule has 0 amide bonds. The van der Waals surface area contributed by atoms with Crippen LogP contribution in [0.15, 0.2) is 12.1 Å². The van der Waals surface area contributed by atoms with Crippen LogP contribution in [-0.2, 0) is 17.8 Å². The van der Waals surface area contributed by atoms with Crippen molar-refractivity contribution in [2.75, 3.05) is 7.05 Å². The molecule has 0 unspecified atom stereocenters. The van der Waals surface area contributed by atoms with E-state index in [1.165, 1.54) is 18.4 Å². The van der Waals surface area contributed by atoms with E-state index in [2.05, 4.69) is 0 Å². The van der Waals surface area contributed by atoms with Crippen LogP contribution in [0.3, 0.4) is 0 Å². The van der Waals surface area contributed by atoms with Crippen molar-refractivity contribution in [3.05, 3.63) is 21.9 Å². The maximum atomic E-state index is 12.6. The average Bonchev–Trinajstić information content (AvgIpc) is 2.51. The van der Waals surface area contributed by atoms with Crippen molar-refractivity contribution in [3.63, 3.8) is 0 Å². The molecule has 1 aromatic heterocycles. The van der Waals surface area contributed by atoms with Gasteiger partial charge < -0.3 is 0 Å². The van der Waals surface area contributed by atoms with Crippen LogP contribution in [0.25, 0.3) is 0 Å². The highest BCUT2D eigenvalue weighted by Gasteiger charge is 2.10. The van der Waals surface area contributed by atoms with Gasteiger partial charge in [0, 0.05) is 29.1 Å². The van der Waals surface area contributed by atoms with Crippen molar-refractivity contribution in [2.45, 2.75) is 26.8 Å². The Balaban J connectivity index is 2.56. The van der Waals surface area contributed by atoms with Crippen molar-refractivity contribution in [3.8, 4) is 0 Å². The first-order chi connectivity index (χ1) is 6.99. The van der Waals surface area contributed by atoms with E-state index in [1.54, 1.807) is 0 Å². The van der Waals surface area contributed by atoms with Crippen molar-refractivity contribution in [1.29, 1.82) is 0 Å². The van der Waals surface area contributed by atoms with E-state index in [9.17, 15) is 9.28 Å². The lowest BCUT2D eigenvalue weighted by Gasteiger charge is -2.02. The molecular weight excluding hydrogens is 213 g/mol. The highest BCUT2D eigenvalue weighted by Crippen LogP contribution is 2.19. The van der Waals surface area contributed by atoms with Crippen LogP contribution in [0.5, 0.6) is 0 Å². The minimum Gasteiger partial charge on any atom is -0.299 e. The minimum atomic E-state index is 0.0689. The Labute approximate surface area is 93.6 Å². The van der Waals surface area contributed by atoms with Crippen LogP contribution in [-0.4, -0.2) is 18.0 Å². The Kier molecular flexibility index (Phi) is 4.42. The van der Waals surface area contributed by atoms with Gasteiger partial charge in [-0.15, -0.1) is 20.9 Å². The molecule has 1 aromatic rings. The van der Waals surface area contributed by atoms with Crippen LogP contribution < -0.4 is 0 Å². The summed E-state index contributed by atoms with van der Waals surface area (Å²) in [7, 11) is 1.39. The molecule has 1 heterocycles. The van der Waals surface area contributed by atoms with Gasteiger partial charge in [0.2, 0.25) is 0 Å². The van der Waals surface area contributed by atoms with Crippen molar-refractivity contribution in [2.24, 2.45) is 5.92 Å². The van der Waals surface area contributed by atoms with Gasteiger partial charge in [0.15, 0.2) is 0 Å². The third-order valence-corrected chi connectivity index (χ3v) is 3.15. The molecule has 0 atom stereocenters. The molecule has 15 heavy (non-hydrogen) atoms. The lowest BCUT2D eigenvalue weighted by Crippen LogP contribution is -2.09. The molecule has 0 saturated carbocycles. The molecule has 0 fully saturated rings. The van der Waals surface area contributed by atoms with Gasteiger partial charge in [0.1, 0.15) is 5.78 Å². The van der Waals surface area contributed by atoms with Crippen LogP contribution in [0, 0.1) is 5.92 Å². The van der Waals surface area contributed by atoms with Crippen LogP contribution in [0.1, 0.15) is 23.6 Å². The Morgan fingerprint density at radius 1 is 1.47 bits per heavy atom. The average molecular weight is 229 g/mol. The third-order valence-electron chi connectivity index (χ3n) is 2.08. The van der Waals surface area contributed by atoms with Crippen LogP contribution in [0.4, 0.5) is 4.48 Å². The number of halogens is 1. The van der Waals surface area contributed by atoms with Gasteiger partial charge in [0.05, 0.1) is 6.54 Å². The summed E-state index contributed by atoms with van der Waals surface area (Å²) in [4.78, 5) is 13.4. The monoisotopic (exact) mass is 229 g/mol. The lowest BCUT2D eigenvalue weighted by molar-refractivity contribution is -0.121. The standard InChI is InChI=1S/C11H16FNOS/c1-8(2)11(14)6-9-4-5-10(15-9)7-13(3)12/h4-5,8H,6-7H2,1-3H3. The molecule has 0 aliphatic carbocycles. The molecule has 0 aliphatic rings. The van der Waals surface area contributed by atoms with Gasteiger partial charge in [-0.25, -0.2) is 0 Å². The van der Waals surface area contributed by atoms with Crippen LogP contribution >= 0.6 is 11.3 Å². The van der Waals surface area contributed by atoms with E-state index in [1.807, 2.05) is 26.0 Å². The second-order valence-corrected chi connectivity index (χ2v) is 5.18. The zero-order valence-corrected chi connectivity index (χ0v) is 10.1. The van der Waals surface area contributed by atoms with E-state index >= 15 is 0 Å². The fraction of sp³-hybridized carbons (Fsp3) is 0.545. The fourth-order valence-electron chi connectivity index (χ4n) is 1.19. The minimum absolute atomic E-state index is 0.0689. The summed E-state index contributed by atoms with van der Waals surface area (Å²) in [6, 6.07) is 3.79. The second kappa shape index (κ2) is 5.37. The van der Waals surface area contributed by atoms with Crippen molar-refractivity contribution >= 4 is 17.1 Å². The summed E-state index contributed by atoms with van der Waals surface area (Å²) < 4.78 is 12.6. The number of rotatable bonds is 5. The summed E-state index contributed by atoms with van der Waals surface area (Å²) in [6.07, 6.45) is 0.471. The van der Waals surface area contributed by atoms with E-state index in [0.29, 0.717) is 18.1 Å². The maximum Gasteiger partial charge on any atom is 0.140 e. The lowest BCUT2D eigenvalue weighted by atomic mass is 10.1. The number of hydrogen-bond donors (Lipinski definition) is 0. The largest absolute Gasteiger partial charge is 0.299 e. The molecular formula is C11H16FNOS. The first-order valence-corrected chi connectivity index (χ1v) is 5.78. The smallest absolute Gasteiger partial charge is 0.140 e. The topological polar surface area (TPSA) is 20.3 Å². The predicted octanol–water partition coefficient (Wildman–Crippen LogP) is 2.83. The Hall–Kier alpha value is -0.740. The Morgan fingerprint density at radius 2 is 2.07 bits per heavy atom. The normalized spacial score (nSPS) is 11.3. The third kappa shape index (κ3) is 4.10. The fourth-order valence-corrected chi connectivity index (χ4v) is 2.26. The highest BCUT2D eigenvalue weighted by atomic mass is 32.1. The molecule has 2 nitrogen and oxygen atoms in total. The quantitative estimate of drug-likeness (QED) is 0.724. The zero-order chi connectivity index (χ0) is 11.4. The van der Waals surface area contributed by atoms with Gasteiger partial charge in [-0.1, -0.05) is 13.8 Å².